The molecule has 1 aliphatic heterocycles. The Labute approximate surface area is 120 Å². The van der Waals surface area contributed by atoms with Crippen molar-refractivity contribution in [1.82, 2.24) is 4.90 Å². The lowest BCUT2D eigenvalue weighted by Gasteiger charge is -2.26. The molecule has 1 atom stereocenters. The second-order valence-corrected chi connectivity index (χ2v) is 4.75. The smallest absolute Gasteiger partial charge is 0.290 e. The first-order valence-electron chi connectivity index (χ1n) is 6.35. The molecule has 1 amide bonds. The third-order valence-electron chi connectivity index (χ3n) is 3.36. The lowest BCUT2D eigenvalue weighted by molar-refractivity contribution is -0.129. The van der Waals surface area contributed by atoms with Crippen LogP contribution in [0.5, 0.6) is 11.5 Å². The highest BCUT2D eigenvalue weighted by Crippen LogP contribution is 2.41. The maximum absolute atomic E-state index is 12.1. The molecule has 2 rings (SSSR count). The van der Waals surface area contributed by atoms with Crippen LogP contribution in [0.1, 0.15) is 18.5 Å². The molecule has 5 N–H and O–H groups in total. The summed E-state index contributed by atoms with van der Waals surface area (Å²) >= 11 is 0. The normalized spacial score (nSPS) is 18.5. The highest BCUT2D eigenvalue weighted by Gasteiger charge is 2.42. The van der Waals surface area contributed by atoms with Gasteiger partial charge in [0, 0.05) is 24.7 Å². The highest BCUT2D eigenvalue weighted by atomic mass is 16.3. The minimum atomic E-state index is -0.917. The quantitative estimate of drug-likeness (QED) is 0.634. The number of nitrogens with zero attached hydrogens (tertiary/aromatic N) is 1. The number of aliphatic hydroxyl groups excluding tert-OH is 1. The number of ketones is 1. The number of phenols is 2. The van der Waals surface area contributed by atoms with E-state index in [1.807, 2.05) is 0 Å². The number of benzene rings is 1. The van der Waals surface area contributed by atoms with Crippen LogP contribution in [0, 0.1) is 0 Å². The lowest BCUT2D eigenvalue weighted by atomic mass is 9.96. The highest BCUT2D eigenvalue weighted by molar-refractivity contribution is 6.08. The Morgan fingerprint density at radius 2 is 2.00 bits per heavy atom. The Hall–Kier alpha value is -2.54. The third kappa shape index (κ3) is 2.43. The lowest BCUT2D eigenvalue weighted by Crippen LogP contribution is -2.35. The summed E-state index contributed by atoms with van der Waals surface area (Å²) in [4.78, 5) is 25.0. The Balaban J connectivity index is 2.59. The van der Waals surface area contributed by atoms with Crippen molar-refractivity contribution in [2.24, 2.45) is 5.73 Å². The minimum absolute atomic E-state index is 0.0885. The van der Waals surface area contributed by atoms with Gasteiger partial charge in [-0.05, 0) is 19.1 Å². The van der Waals surface area contributed by atoms with Crippen molar-refractivity contribution in [3.63, 3.8) is 0 Å². The number of nitrogens with two attached hydrogens (primary N) is 1. The van der Waals surface area contributed by atoms with Gasteiger partial charge in [0.25, 0.3) is 5.91 Å². The molecule has 0 fully saturated rings. The Kier molecular flexibility index (Phi) is 3.86. The molecule has 1 heterocycles. The van der Waals surface area contributed by atoms with Crippen molar-refractivity contribution < 1.29 is 24.9 Å². The van der Waals surface area contributed by atoms with Crippen LogP contribution in [0.25, 0.3) is 0 Å². The van der Waals surface area contributed by atoms with Gasteiger partial charge in [0.2, 0.25) is 0 Å². The SMILES string of the molecule is CC(=O)C1=C(O)C(=O)N(CCN)C1c1ccc(O)cc1O. The van der Waals surface area contributed by atoms with Crippen molar-refractivity contribution in [2.75, 3.05) is 13.1 Å². The van der Waals surface area contributed by atoms with Gasteiger partial charge >= 0.3 is 0 Å². The molecule has 0 aromatic heterocycles. The first-order chi connectivity index (χ1) is 9.88. The van der Waals surface area contributed by atoms with Crippen molar-refractivity contribution in [1.29, 1.82) is 0 Å². The minimum Gasteiger partial charge on any atom is -0.508 e. The molecular formula is C14H16N2O5. The number of aromatic hydroxyl groups is 2. The van der Waals surface area contributed by atoms with E-state index < -0.39 is 23.5 Å². The molecule has 0 saturated heterocycles. The second-order valence-electron chi connectivity index (χ2n) is 4.75. The molecule has 1 aromatic rings. The molecule has 0 radical (unpaired) electrons. The molecule has 7 heteroatoms. The number of aliphatic hydroxyl groups is 1. The summed E-state index contributed by atoms with van der Waals surface area (Å²) in [6.45, 7) is 1.49. The van der Waals surface area contributed by atoms with Crippen LogP contribution in [0.15, 0.2) is 29.5 Å². The van der Waals surface area contributed by atoms with Crippen molar-refractivity contribution in [2.45, 2.75) is 13.0 Å². The number of amides is 1. The fraction of sp³-hybridized carbons (Fsp3) is 0.286. The molecule has 0 aliphatic carbocycles. The maximum atomic E-state index is 12.1. The fourth-order valence-corrected chi connectivity index (χ4v) is 2.47. The molecule has 0 spiro atoms. The van der Waals surface area contributed by atoms with E-state index in [0.29, 0.717) is 0 Å². The van der Waals surface area contributed by atoms with Crippen LogP contribution in [-0.2, 0) is 9.59 Å². The molecule has 0 bridgehead atoms. The van der Waals surface area contributed by atoms with Gasteiger partial charge < -0.3 is 26.0 Å². The van der Waals surface area contributed by atoms with E-state index in [-0.39, 0.29) is 35.7 Å². The predicted octanol–water partition coefficient (Wildman–Crippen LogP) is 0.341. The number of hydrogen-bond acceptors (Lipinski definition) is 6. The zero-order valence-corrected chi connectivity index (χ0v) is 11.4. The molecule has 21 heavy (non-hydrogen) atoms. The molecule has 112 valence electrons. The van der Waals surface area contributed by atoms with Crippen LogP contribution < -0.4 is 5.73 Å². The van der Waals surface area contributed by atoms with Crippen molar-refractivity contribution >= 4 is 11.7 Å². The number of rotatable bonds is 4. The summed E-state index contributed by atoms with van der Waals surface area (Å²) in [7, 11) is 0. The van der Waals surface area contributed by atoms with Gasteiger partial charge in [-0.25, -0.2) is 0 Å². The Morgan fingerprint density at radius 1 is 1.33 bits per heavy atom. The average Bonchev–Trinajstić information content (AvgIpc) is 2.64. The third-order valence-corrected chi connectivity index (χ3v) is 3.36. The topological polar surface area (TPSA) is 124 Å². The molecule has 7 nitrogen and oxygen atoms in total. The van der Waals surface area contributed by atoms with Crippen LogP contribution in [0.4, 0.5) is 0 Å². The van der Waals surface area contributed by atoms with Gasteiger partial charge in [-0.1, -0.05) is 0 Å². The van der Waals surface area contributed by atoms with Gasteiger partial charge in [0.05, 0.1) is 11.6 Å². The Morgan fingerprint density at radius 3 is 2.52 bits per heavy atom. The summed E-state index contributed by atoms with van der Waals surface area (Å²) in [5.74, 6) is -2.24. The van der Waals surface area contributed by atoms with E-state index in [9.17, 15) is 24.9 Å². The standard InChI is InChI=1S/C14H16N2O5/c1-7(17)11-12(9-3-2-8(18)6-10(9)19)16(5-4-15)14(21)13(11)20/h2-3,6,12,18-20H,4-5,15H2,1H3. The summed E-state index contributed by atoms with van der Waals surface area (Å²) in [5.41, 5.74) is 5.61. The van der Waals surface area contributed by atoms with E-state index in [0.717, 1.165) is 6.07 Å². The zero-order chi connectivity index (χ0) is 15.7. The maximum Gasteiger partial charge on any atom is 0.290 e. The van der Waals surface area contributed by atoms with E-state index in [4.69, 9.17) is 5.73 Å². The second kappa shape index (κ2) is 5.45. The van der Waals surface area contributed by atoms with Gasteiger partial charge in [0.15, 0.2) is 11.5 Å². The number of carbonyl (C=O) groups excluding carboxylic acids is 2. The van der Waals surface area contributed by atoms with Crippen LogP contribution in [-0.4, -0.2) is 45.0 Å². The van der Waals surface area contributed by atoms with Gasteiger partial charge in [0.1, 0.15) is 11.5 Å². The average molecular weight is 292 g/mol. The van der Waals surface area contributed by atoms with Gasteiger partial charge in [-0.2, -0.15) is 0 Å². The van der Waals surface area contributed by atoms with E-state index >= 15 is 0 Å². The predicted molar refractivity (Wildman–Crippen MR) is 73.6 cm³/mol. The summed E-state index contributed by atoms with van der Waals surface area (Å²) in [6, 6.07) is 2.91. The van der Waals surface area contributed by atoms with E-state index in [1.54, 1.807) is 0 Å². The van der Waals surface area contributed by atoms with E-state index in [1.165, 1.54) is 24.0 Å². The Bertz CT molecular complexity index is 638. The summed E-state index contributed by atoms with van der Waals surface area (Å²) < 4.78 is 0. The molecule has 1 aromatic carbocycles. The van der Waals surface area contributed by atoms with Crippen molar-refractivity contribution in [3.05, 3.63) is 35.1 Å². The number of phenolic OH excluding ortho intramolecular Hbond substituents is 2. The molecular weight excluding hydrogens is 276 g/mol. The largest absolute Gasteiger partial charge is 0.508 e. The first kappa shape index (κ1) is 14.9. The van der Waals surface area contributed by atoms with Crippen LogP contribution in [0.2, 0.25) is 0 Å². The number of carbonyl (C=O) groups is 2. The van der Waals surface area contributed by atoms with Crippen LogP contribution in [0.3, 0.4) is 0 Å². The molecule has 0 saturated carbocycles. The summed E-state index contributed by atoms with van der Waals surface area (Å²) in [6.07, 6.45) is 0. The monoisotopic (exact) mass is 292 g/mol. The van der Waals surface area contributed by atoms with Crippen LogP contribution >= 0.6 is 0 Å². The first-order valence-corrected chi connectivity index (χ1v) is 6.35. The molecule has 1 unspecified atom stereocenters. The zero-order valence-electron chi connectivity index (χ0n) is 11.4. The number of Topliss-reactive ketones (excluding diaryl/α,β-unsaturated/α-hetero) is 1. The van der Waals surface area contributed by atoms with Gasteiger partial charge in [-0.15, -0.1) is 0 Å². The molecule has 1 aliphatic rings. The van der Waals surface area contributed by atoms with Gasteiger partial charge in [-0.3, -0.25) is 9.59 Å². The van der Waals surface area contributed by atoms with E-state index in [2.05, 4.69) is 0 Å². The summed E-state index contributed by atoms with van der Waals surface area (Å²) in [5, 5.41) is 29.2. The fourth-order valence-electron chi connectivity index (χ4n) is 2.47. The van der Waals surface area contributed by atoms with Crippen molar-refractivity contribution in [3.8, 4) is 11.5 Å². The number of hydrogen-bond donors (Lipinski definition) is 4.